The highest BCUT2D eigenvalue weighted by Crippen LogP contribution is 2.20. The third-order valence-electron chi connectivity index (χ3n) is 1.35. The van der Waals surface area contributed by atoms with Crippen LogP contribution in [0.4, 0.5) is 5.69 Å². The molecule has 0 radical (unpaired) electrons. The molecule has 0 heterocycles. The molecule has 0 fully saturated rings. The monoisotopic (exact) mass is 177 g/mol. The van der Waals surface area contributed by atoms with Crippen molar-refractivity contribution in [2.75, 3.05) is 0 Å². The molecule has 0 unspecified atom stereocenters. The van der Waals surface area contributed by atoms with Crippen LogP contribution < -0.4 is 4.74 Å². The summed E-state index contributed by atoms with van der Waals surface area (Å²) in [6.07, 6.45) is 0.126. The summed E-state index contributed by atoms with van der Waals surface area (Å²) in [6, 6.07) is 7.06. The fourth-order valence-corrected chi connectivity index (χ4v) is 0.943. The van der Waals surface area contributed by atoms with Crippen molar-refractivity contribution in [2.24, 2.45) is 5.11 Å². The van der Waals surface area contributed by atoms with E-state index in [2.05, 4.69) is 10.0 Å². The maximum Gasteiger partial charge on any atom is 0.120 e. The summed E-state index contributed by atoms with van der Waals surface area (Å²) in [6.45, 7) is 3.89. The maximum atomic E-state index is 8.21. The summed E-state index contributed by atoms with van der Waals surface area (Å²) < 4.78 is 5.42. The van der Waals surface area contributed by atoms with E-state index < -0.39 is 0 Å². The standard InChI is InChI=1S/C9H11N3O/c1-7(2)13-9-5-3-4-8(6-9)11-12-10/h3-7H,1-2H3. The molecule has 4 heteroatoms. The number of ether oxygens (including phenoxy) is 1. The number of rotatable bonds is 3. The molecule has 0 bridgehead atoms. The van der Waals surface area contributed by atoms with E-state index in [9.17, 15) is 0 Å². The molecule has 1 aromatic carbocycles. The van der Waals surface area contributed by atoms with Crippen LogP contribution in [0.2, 0.25) is 0 Å². The van der Waals surface area contributed by atoms with Crippen LogP contribution in [0.25, 0.3) is 10.4 Å². The zero-order valence-electron chi connectivity index (χ0n) is 7.64. The first-order chi connectivity index (χ1) is 6.22. The Labute approximate surface area is 76.8 Å². The van der Waals surface area contributed by atoms with Gasteiger partial charge in [0.05, 0.1) is 6.10 Å². The van der Waals surface area contributed by atoms with Gasteiger partial charge in [0.2, 0.25) is 0 Å². The van der Waals surface area contributed by atoms with Crippen LogP contribution in [0.3, 0.4) is 0 Å². The van der Waals surface area contributed by atoms with E-state index in [0.29, 0.717) is 5.69 Å². The highest BCUT2D eigenvalue weighted by Gasteiger charge is 1.97. The highest BCUT2D eigenvalue weighted by atomic mass is 16.5. The molecule has 68 valence electrons. The number of hydrogen-bond acceptors (Lipinski definition) is 2. The topological polar surface area (TPSA) is 58.0 Å². The molecule has 0 amide bonds. The highest BCUT2D eigenvalue weighted by molar-refractivity contribution is 5.42. The molecule has 0 aliphatic carbocycles. The summed E-state index contributed by atoms with van der Waals surface area (Å²) in [4.78, 5) is 2.70. The van der Waals surface area contributed by atoms with Gasteiger partial charge in [0.25, 0.3) is 0 Å². The van der Waals surface area contributed by atoms with E-state index in [-0.39, 0.29) is 6.10 Å². The second-order valence-corrected chi connectivity index (χ2v) is 2.85. The lowest BCUT2D eigenvalue weighted by molar-refractivity contribution is 0.242. The zero-order chi connectivity index (χ0) is 9.68. The van der Waals surface area contributed by atoms with Gasteiger partial charge in [0, 0.05) is 10.6 Å². The lowest BCUT2D eigenvalue weighted by Crippen LogP contribution is -2.04. The third kappa shape index (κ3) is 3.05. The minimum absolute atomic E-state index is 0.126. The first-order valence-corrected chi connectivity index (χ1v) is 4.04. The van der Waals surface area contributed by atoms with Crippen molar-refractivity contribution in [1.29, 1.82) is 0 Å². The molecule has 0 aliphatic rings. The van der Waals surface area contributed by atoms with Gasteiger partial charge in [-0.25, -0.2) is 0 Å². The second kappa shape index (κ2) is 4.38. The van der Waals surface area contributed by atoms with Crippen molar-refractivity contribution in [2.45, 2.75) is 20.0 Å². The molecule has 1 aromatic rings. The molecule has 0 saturated heterocycles. The van der Waals surface area contributed by atoms with E-state index in [1.54, 1.807) is 18.2 Å². The fraction of sp³-hybridized carbons (Fsp3) is 0.333. The quantitative estimate of drug-likeness (QED) is 0.396. The third-order valence-corrected chi connectivity index (χ3v) is 1.35. The van der Waals surface area contributed by atoms with E-state index in [1.807, 2.05) is 19.9 Å². The predicted molar refractivity (Wildman–Crippen MR) is 51.0 cm³/mol. The first-order valence-electron chi connectivity index (χ1n) is 4.04. The molecule has 0 N–H and O–H groups in total. The van der Waals surface area contributed by atoms with E-state index in [4.69, 9.17) is 10.3 Å². The van der Waals surface area contributed by atoms with Gasteiger partial charge in [-0.3, -0.25) is 0 Å². The second-order valence-electron chi connectivity index (χ2n) is 2.85. The Balaban J connectivity index is 2.85. The molecule has 0 aromatic heterocycles. The van der Waals surface area contributed by atoms with E-state index in [0.717, 1.165) is 5.75 Å². The average Bonchev–Trinajstić information content (AvgIpc) is 2.04. The van der Waals surface area contributed by atoms with Gasteiger partial charge in [0.1, 0.15) is 5.75 Å². The van der Waals surface area contributed by atoms with Crippen molar-refractivity contribution in [3.05, 3.63) is 34.7 Å². The molecular formula is C9H11N3O. The summed E-state index contributed by atoms with van der Waals surface area (Å²) >= 11 is 0. The molecule has 1 rings (SSSR count). The number of hydrogen-bond donors (Lipinski definition) is 0. The average molecular weight is 177 g/mol. The van der Waals surface area contributed by atoms with E-state index in [1.165, 1.54) is 0 Å². The van der Waals surface area contributed by atoms with Crippen LogP contribution in [0.5, 0.6) is 5.75 Å². The smallest absolute Gasteiger partial charge is 0.120 e. The van der Waals surface area contributed by atoms with Crippen LogP contribution in [0.1, 0.15) is 13.8 Å². The van der Waals surface area contributed by atoms with E-state index >= 15 is 0 Å². The summed E-state index contributed by atoms with van der Waals surface area (Å²) in [5, 5.41) is 3.48. The van der Waals surface area contributed by atoms with Crippen LogP contribution in [-0.2, 0) is 0 Å². The maximum absolute atomic E-state index is 8.21. The summed E-state index contributed by atoms with van der Waals surface area (Å²) in [5.41, 5.74) is 8.78. The molecular weight excluding hydrogens is 166 g/mol. The minimum atomic E-state index is 0.126. The Morgan fingerprint density at radius 1 is 1.46 bits per heavy atom. The van der Waals surface area contributed by atoms with Crippen LogP contribution in [0, 0.1) is 0 Å². The van der Waals surface area contributed by atoms with Gasteiger partial charge in [-0.05, 0) is 31.5 Å². The Hall–Kier alpha value is -1.67. The van der Waals surface area contributed by atoms with Crippen molar-refractivity contribution in [1.82, 2.24) is 0 Å². The minimum Gasteiger partial charge on any atom is -0.491 e. The Morgan fingerprint density at radius 3 is 2.85 bits per heavy atom. The first kappa shape index (κ1) is 9.42. The van der Waals surface area contributed by atoms with Crippen molar-refractivity contribution in [3.63, 3.8) is 0 Å². The molecule has 0 atom stereocenters. The molecule has 4 nitrogen and oxygen atoms in total. The van der Waals surface area contributed by atoms with Crippen molar-refractivity contribution in [3.8, 4) is 5.75 Å². The zero-order valence-corrected chi connectivity index (χ0v) is 7.64. The molecule has 0 spiro atoms. The Morgan fingerprint density at radius 2 is 2.23 bits per heavy atom. The van der Waals surface area contributed by atoms with Crippen LogP contribution >= 0.6 is 0 Å². The van der Waals surface area contributed by atoms with Gasteiger partial charge in [-0.2, -0.15) is 0 Å². The normalized spacial score (nSPS) is 9.46. The lowest BCUT2D eigenvalue weighted by Gasteiger charge is -2.09. The SMILES string of the molecule is CC(C)Oc1cccc(N=[N+]=[N-])c1. The number of nitrogens with zero attached hydrogens (tertiary/aromatic N) is 3. The van der Waals surface area contributed by atoms with Gasteiger partial charge in [-0.15, -0.1) is 0 Å². The van der Waals surface area contributed by atoms with Crippen molar-refractivity contribution >= 4 is 5.69 Å². The molecule has 0 saturated carbocycles. The molecule has 13 heavy (non-hydrogen) atoms. The van der Waals surface area contributed by atoms with Gasteiger partial charge in [0.15, 0.2) is 0 Å². The summed E-state index contributed by atoms with van der Waals surface area (Å²) in [5.74, 6) is 0.722. The lowest BCUT2D eigenvalue weighted by atomic mass is 10.3. The fourth-order valence-electron chi connectivity index (χ4n) is 0.943. The van der Waals surface area contributed by atoms with Gasteiger partial charge in [-0.1, -0.05) is 17.2 Å². The van der Waals surface area contributed by atoms with Crippen molar-refractivity contribution < 1.29 is 4.74 Å². The van der Waals surface area contributed by atoms with Gasteiger partial charge < -0.3 is 4.74 Å². The van der Waals surface area contributed by atoms with Crippen LogP contribution in [0.15, 0.2) is 29.4 Å². The Kier molecular flexibility index (Phi) is 3.17. The largest absolute Gasteiger partial charge is 0.491 e. The predicted octanol–water partition coefficient (Wildman–Crippen LogP) is 3.42. The number of azide groups is 1. The Bertz CT molecular complexity index is 329. The molecule has 0 aliphatic heterocycles. The summed E-state index contributed by atoms with van der Waals surface area (Å²) in [7, 11) is 0. The number of benzene rings is 1. The van der Waals surface area contributed by atoms with Gasteiger partial charge >= 0.3 is 0 Å². The van der Waals surface area contributed by atoms with Crippen LogP contribution in [-0.4, -0.2) is 6.10 Å².